The highest BCUT2D eigenvalue weighted by atomic mass is 127. The van der Waals surface area contributed by atoms with Crippen LogP contribution >= 0.6 is 23.0 Å². The van der Waals surface area contributed by atoms with Gasteiger partial charge in [-0.1, -0.05) is 26.2 Å². The number of hydrogen-bond donors (Lipinski definition) is 0. The van der Waals surface area contributed by atoms with Gasteiger partial charge in [-0.2, -0.15) is 0 Å². The van der Waals surface area contributed by atoms with Gasteiger partial charge >= 0.3 is 5.97 Å². The van der Waals surface area contributed by atoms with E-state index in [9.17, 15) is 4.79 Å². The molecule has 0 heterocycles. The Labute approximate surface area is 100 Å². The van der Waals surface area contributed by atoms with Crippen LogP contribution in [-0.4, -0.2) is 5.97 Å². The molecule has 1 aliphatic rings. The van der Waals surface area contributed by atoms with Crippen molar-refractivity contribution in [1.82, 2.24) is 0 Å². The van der Waals surface area contributed by atoms with Crippen molar-refractivity contribution >= 4 is 29.0 Å². The lowest BCUT2D eigenvalue weighted by Gasteiger charge is -2.26. The molecule has 3 heteroatoms. The van der Waals surface area contributed by atoms with Crippen LogP contribution in [0, 0.1) is 11.8 Å². The Morgan fingerprint density at radius 1 is 1.36 bits per heavy atom. The molecule has 0 aliphatic heterocycles. The third-order valence-electron chi connectivity index (χ3n) is 3.22. The minimum atomic E-state index is -0.0143. The average molecular weight is 310 g/mol. The second-order valence-corrected chi connectivity index (χ2v) is 4.70. The van der Waals surface area contributed by atoms with Crippen LogP contribution in [0.25, 0.3) is 0 Å². The molecular weight excluding hydrogens is 291 g/mol. The van der Waals surface area contributed by atoms with Crippen molar-refractivity contribution in [2.75, 3.05) is 0 Å². The Morgan fingerprint density at radius 2 is 2.00 bits per heavy atom. The van der Waals surface area contributed by atoms with E-state index in [1.807, 2.05) is 0 Å². The highest BCUT2D eigenvalue weighted by Gasteiger charge is 2.26. The quantitative estimate of drug-likeness (QED) is 0.737. The van der Waals surface area contributed by atoms with Crippen LogP contribution in [0.15, 0.2) is 0 Å². The van der Waals surface area contributed by atoms with E-state index in [4.69, 9.17) is 3.07 Å². The van der Waals surface area contributed by atoms with Gasteiger partial charge in [0.2, 0.25) is 0 Å². The largest absolute Gasteiger partial charge is 0.394 e. The van der Waals surface area contributed by atoms with Gasteiger partial charge in [-0.05, 0) is 31.6 Å². The number of carbonyl (C=O) groups excluding carboxylic acids is 1. The van der Waals surface area contributed by atoms with Gasteiger partial charge in [0.15, 0.2) is 23.0 Å². The molecule has 0 N–H and O–H groups in total. The van der Waals surface area contributed by atoms with E-state index in [0.717, 1.165) is 18.8 Å². The molecule has 0 radical (unpaired) electrons. The molecular formula is C11H19IO2. The van der Waals surface area contributed by atoms with Gasteiger partial charge in [-0.3, -0.25) is 4.79 Å². The van der Waals surface area contributed by atoms with E-state index in [2.05, 4.69) is 6.92 Å². The molecule has 0 atom stereocenters. The normalized spacial score (nSPS) is 27.3. The zero-order valence-corrected chi connectivity index (χ0v) is 11.0. The van der Waals surface area contributed by atoms with Crippen molar-refractivity contribution in [3.8, 4) is 0 Å². The van der Waals surface area contributed by atoms with Crippen molar-refractivity contribution in [3.05, 3.63) is 0 Å². The molecule has 0 aromatic rings. The summed E-state index contributed by atoms with van der Waals surface area (Å²) in [6.07, 6.45) is 8.49. The number of halogens is 1. The molecule has 2 nitrogen and oxygen atoms in total. The maximum Gasteiger partial charge on any atom is 0.318 e. The summed E-state index contributed by atoms with van der Waals surface area (Å²) < 4.78 is 4.74. The Balaban J connectivity index is 2.20. The highest BCUT2D eigenvalue weighted by Crippen LogP contribution is 2.32. The summed E-state index contributed by atoms with van der Waals surface area (Å²) in [5.74, 6) is 1.04. The van der Waals surface area contributed by atoms with Crippen molar-refractivity contribution in [1.29, 1.82) is 0 Å². The van der Waals surface area contributed by atoms with Crippen molar-refractivity contribution in [2.24, 2.45) is 11.8 Å². The van der Waals surface area contributed by atoms with Crippen molar-refractivity contribution in [2.45, 2.75) is 51.9 Å². The fourth-order valence-electron chi connectivity index (χ4n) is 2.24. The summed E-state index contributed by atoms with van der Waals surface area (Å²) in [7, 11) is 0. The third kappa shape index (κ3) is 3.75. The molecule has 82 valence electrons. The monoisotopic (exact) mass is 310 g/mol. The SMILES string of the molecule is CCCCC1CCC(C(=O)OI)CC1. The minimum Gasteiger partial charge on any atom is -0.394 e. The molecule has 1 fully saturated rings. The Bertz CT molecular complexity index is 174. The van der Waals surface area contributed by atoms with E-state index in [1.54, 1.807) is 23.0 Å². The summed E-state index contributed by atoms with van der Waals surface area (Å²) in [5, 5.41) is 0. The maximum atomic E-state index is 11.3. The Hall–Kier alpha value is 0.200. The zero-order chi connectivity index (χ0) is 10.4. The molecule has 1 aliphatic carbocycles. The molecule has 1 rings (SSSR count). The van der Waals surface area contributed by atoms with Crippen LogP contribution in [0.2, 0.25) is 0 Å². The lowest BCUT2D eigenvalue weighted by atomic mass is 9.80. The molecule has 1 saturated carbocycles. The highest BCUT2D eigenvalue weighted by molar-refractivity contribution is 14.1. The van der Waals surface area contributed by atoms with E-state index in [-0.39, 0.29) is 11.9 Å². The van der Waals surface area contributed by atoms with Crippen LogP contribution < -0.4 is 0 Å². The van der Waals surface area contributed by atoms with Crippen molar-refractivity contribution in [3.63, 3.8) is 0 Å². The van der Waals surface area contributed by atoms with Gasteiger partial charge in [0, 0.05) is 0 Å². The van der Waals surface area contributed by atoms with Gasteiger partial charge in [0.1, 0.15) is 0 Å². The summed E-state index contributed by atoms with van der Waals surface area (Å²) in [6, 6.07) is 0. The molecule has 0 spiro atoms. The van der Waals surface area contributed by atoms with Gasteiger partial charge in [0.25, 0.3) is 0 Å². The topological polar surface area (TPSA) is 26.3 Å². The fraction of sp³-hybridized carbons (Fsp3) is 0.909. The molecule has 0 amide bonds. The predicted octanol–water partition coefficient (Wildman–Crippen LogP) is 3.88. The molecule has 14 heavy (non-hydrogen) atoms. The van der Waals surface area contributed by atoms with E-state index in [1.165, 1.54) is 32.1 Å². The second-order valence-electron chi connectivity index (χ2n) is 4.26. The van der Waals surface area contributed by atoms with E-state index < -0.39 is 0 Å². The Kier molecular flexibility index (Phi) is 5.82. The van der Waals surface area contributed by atoms with Crippen LogP contribution in [0.5, 0.6) is 0 Å². The van der Waals surface area contributed by atoms with Gasteiger partial charge in [-0.15, -0.1) is 0 Å². The predicted molar refractivity (Wildman–Crippen MR) is 65.1 cm³/mol. The lowest BCUT2D eigenvalue weighted by Crippen LogP contribution is -2.21. The van der Waals surface area contributed by atoms with Gasteiger partial charge in [0.05, 0.1) is 5.92 Å². The first-order valence-corrected chi connectivity index (χ1v) is 6.48. The molecule has 0 bridgehead atoms. The van der Waals surface area contributed by atoms with Crippen LogP contribution in [0.4, 0.5) is 0 Å². The average Bonchev–Trinajstić information content (AvgIpc) is 2.26. The first-order valence-electron chi connectivity index (χ1n) is 5.60. The molecule has 0 aromatic heterocycles. The summed E-state index contributed by atoms with van der Waals surface area (Å²) in [4.78, 5) is 11.3. The van der Waals surface area contributed by atoms with Crippen LogP contribution in [0.3, 0.4) is 0 Å². The number of carbonyl (C=O) groups is 1. The number of hydrogen-bond acceptors (Lipinski definition) is 2. The fourth-order valence-corrected chi connectivity index (χ4v) is 2.60. The molecule has 0 unspecified atom stereocenters. The standard InChI is InChI=1S/C11H19IO2/c1-2-3-4-9-5-7-10(8-6-9)11(13)14-12/h9-10H,2-8H2,1H3. The first-order chi connectivity index (χ1) is 6.77. The number of rotatable bonds is 4. The van der Waals surface area contributed by atoms with Gasteiger partial charge < -0.3 is 3.07 Å². The second kappa shape index (κ2) is 6.64. The minimum absolute atomic E-state index is 0.0143. The van der Waals surface area contributed by atoms with Gasteiger partial charge in [-0.25, -0.2) is 0 Å². The lowest BCUT2D eigenvalue weighted by molar-refractivity contribution is -0.137. The maximum absolute atomic E-state index is 11.3. The molecule has 0 saturated heterocycles. The summed E-state index contributed by atoms with van der Waals surface area (Å²) in [6.45, 7) is 2.24. The van der Waals surface area contributed by atoms with Crippen LogP contribution in [-0.2, 0) is 7.86 Å². The van der Waals surface area contributed by atoms with E-state index in [0.29, 0.717) is 0 Å². The summed E-state index contributed by atoms with van der Waals surface area (Å²) in [5.41, 5.74) is 0. The van der Waals surface area contributed by atoms with E-state index >= 15 is 0 Å². The zero-order valence-electron chi connectivity index (χ0n) is 8.80. The van der Waals surface area contributed by atoms with Crippen LogP contribution in [0.1, 0.15) is 51.9 Å². The number of unbranched alkanes of at least 4 members (excludes halogenated alkanes) is 1. The summed E-state index contributed by atoms with van der Waals surface area (Å²) >= 11 is 1.69. The third-order valence-corrected chi connectivity index (χ3v) is 3.66. The first kappa shape index (κ1) is 12.3. The molecule has 0 aromatic carbocycles. The smallest absolute Gasteiger partial charge is 0.318 e. The Morgan fingerprint density at radius 3 is 2.50 bits per heavy atom. The van der Waals surface area contributed by atoms with Crippen molar-refractivity contribution < 1.29 is 7.86 Å².